The van der Waals surface area contributed by atoms with Gasteiger partial charge in [-0.15, -0.1) is 0 Å². The van der Waals surface area contributed by atoms with Crippen LogP contribution in [0.5, 0.6) is 5.75 Å². The van der Waals surface area contributed by atoms with E-state index < -0.39 is 0 Å². The van der Waals surface area contributed by atoms with E-state index in [2.05, 4.69) is 16.0 Å². The molecule has 1 aromatic carbocycles. The lowest BCUT2D eigenvalue weighted by Crippen LogP contribution is -1.94. The number of benzene rings is 1. The first-order valence-corrected chi connectivity index (χ1v) is 6.09. The molecule has 0 aliphatic heterocycles. The summed E-state index contributed by atoms with van der Waals surface area (Å²) in [7, 11) is 3.55. The number of pyridine rings is 1. The maximum Gasteiger partial charge on any atom is 0.142 e. The fourth-order valence-corrected chi connectivity index (χ4v) is 2.18. The number of methoxy groups -OCH3 is 1. The van der Waals surface area contributed by atoms with Crippen LogP contribution >= 0.6 is 0 Å². The molecule has 3 rings (SSSR count). The van der Waals surface area contributed by atoms with Gasteiger partial charge in [0.15, 0.2) is 0 Å². The predicted octanol–water partition coefficient (Wildman–Crippen LogP) is 2.52. The van der Waals surface area contributed by atoms with E-state index in [-0.39, 0.29) is 0 Å². The van der Waals surface area contributed by atoms with Crippen LogP contribution in [-0.2, 0) is 7.05 Å². The zero-order chi connectivity index (χ0) is 14.1. The summed E-state index contributed by atoms with van der Waals surface area (Å²) in [6.45, 7) is 0. The molecule has 98 valence electrons. The highest BCUT2D eigenvalue weighted by Crippen LogP contribution is 2.25. The Bertz CT molecular complexity index is 829. The Morgan fingerprint density at radius 1 is 1.25 bits per heavy atom. The molecular weight excluding hydrogens is 252 g/mol. The Hall–Kier alpha value is -2.87. The van der Waals surface area contributed by atoms with Crippen LogP contribution in [0.1, 0.15) is 5.56 Å². The molecule has 5 nitrogen and oxygen atoms in total. The van der Waals surface area contributed by atoms with Gasteiger partial charge in [0.25, 0.3) is 0 Å². The number of aryl methyl sites for hydroxylation is 1. The van der Waals surface area contributed by atoms with Gasteiger partial charge in [-0.1, -0.05) is 0 Å². The molecule has 0 aliphatic rings. The molecule has 0 bridgehead atoms. The van der Waals surface area contributed by atoms with E-state index in [1.165, 1.54) is 0 Å². The van der Waals surface area contributed by atoms with Crippen LogP contribution in [0, 0.1) is 11.3 Å². The van der Waals surface area contributed by atoms with Crippen molar-refractivity contribution in [2.24, 2.45) is 7.05 Å². The van der Waals surface area contributed by atoms with Gasteiger partial charge in [0.1, 0.15) is 11.6 Å². The number of hydrogen-bond acceptors (Lipinski definition) is 4. The smallest absolute Gasteiger partial charge is 0.142 e. The van der Waals surface area contributed by atoms with Gasteiger partial charge >= 0.3 is 0 Å². The Labute approximate surface area is 116 Å². The maximum absolute atomic E-state index is 8.95. The summed E-state index contributed by atoms with van der Waals surface area (Å²) in [4.78, 5) is 8.73. The molecule has 0 N–H and O–H groups in total. The molecule has 0 atom stereocenters. The predicted molar refractivity (Wildman–Crippen MR) is 75.2 cm³/mol. The molecule has 20 heavy (non-hydrogen) atoms. The molecule has 2 heterocycles. The molecule has 0 radical (unpaired) electrons. The van der Waals surface area contributed by atoms with Gasteiger partial charge in [0.2, 0.25) is 0 Å². The van der Waals surface area contributed by atoms with Crippen molar-refractivity contribution < 1.29 is 4.74 Å². The van der Waals surface area contributed by atoms with Gasteiger partial charge in [-0.3, -0.25) is 4.98 Å². The van der Waals surface area contributed by atoms with Crippen molar-refractivity contribution in [2.75, 3.05) is 7.11 Å². The first kappa shape index (κ1) is 12.2. The van der Waals surface area contributed by atoms with Gasteiger partial charge in [-0.25, -0.2) is 4.98 Å². The number of imidazole rings is 1. The number of aromatic nitrogens is 3. The van der Waals surface area contributed by atoms with Gasteiger partial charge < -0.3 is 9.30 Å². The van der Waals surface area contributed by atoms with Crippen molar-refractivity contribution in [2.45, 2.75) is 0 Å². The zero-order valence-corrected chi connectivity index (χ0v) is 11.2. The molecular formula is C15H12N4O. The lowest BCUT2D eigenvalue weighted by molar-refractivity contribution is 0.413. The van der Waals surface area contributed by atoms with Crippen LogP contribution in [0.3, 0.4) is 0 Å². The molecule has 0 amide bonds. The summed E-state index contributed by atoms with van der Waals surface area (Å²) in [6.07, 6.45) is 3.40. The molecule has 0 fully saturated rings. The van der Waals surface area contributed by atoms with Crippen molar-refractivity contribution >= 4 is 11.0 Å². The monoisotopic (exact) mass is 264 g/mol. The minimum Gasteiger partial charge on any atom is -0.495 e. The molecule has 0 unspecified atom stereocenters. The van der Waals surface area contributed by atoms with E-state index in [9.17, 15) is 0 Å². The highest BCUT2D eigenvalue weighted by Gasteiger charge is 2.11. The minimum absolute atomic E-state index is 0.603. The van der Waals surface area contributed by atoms with E-state index in [1.54, 1.807) is 31.6 Å². The van der Waals surface area contributed by atoms with Gasteiger partial charge in [0, 0.05) is 18.8 Å². The average molecular weight is 264 g/mol. The summed E-state index contributed by atoms with van der Waals surface area (Å²) in [6, 6.07) is 9.49. The molecule has 0 aliphatic carbocycles. The standard InChI is InChI=1S/C15H12N4O/c1-19-14-4-3-10(7-16)5-13(14)18-15(19)11-6-12(20-2)9-17-8-11/h3-6,8-9H,1-2H3. The second-order valence-electron chi connectivity index (χ2n) is 4.42. The highest BCUT2D eigenvalue weighted by molar-refractivity contribution is 5.81. The van der Waals surface area contributed by atoms with Crippen molar-refractivity contribution in [3.05, 3.63) is 42.2 Å². The second kappa shape index (κ2) is 4.67. The molecule has 0 saturated carbocycles. The van der Waals surface area contributed by atoms with Gasteiger partial charge in [-0.05, 0) is 24.3 Å². The molecule has 3 aromatic rings. The van der Waals surface area contributed by atoms with Crippen LogP contribution in [-0.4, -0.2) is 21.6 Å². The summed E-state index contributed by atoms with van der Waals surface area (Å²) < 4.78 is 7.16. The normalized spacial score (nSPS) is 10.4. The van der Waals surface area contributed by atoms with Crippen molar-refractivity contribution in [3.8, 4) is 23.2 Å². The minimum atomic E-state index is 0.603. The fourth-order valence-electron chi connectivity index (χ4n) is 2.18. The van der Waals surface area contributed by atoms with Crippen LogP contribution in [0.25, 0.3) is 22.4 Å². The average Bonchev–Trinajstić information content (AvgIpc) is 2.83. The number of nitrogens with zero attached hydrogens (tertiary/aromatic N) is 4. The Balaban J connectivity index is 2.21. The number of ether oxygens (including phenoxy) is 1. The summed E-state index contributed by atoms with van der Waals surface area (Å²) in [5.41, 5.74) is 3.25. The van der Waals surface area contributed by atoms with E-state index in [1.807, 2.05) is 23.7 Å². The van der Waals surface area contributed by atoms with E-state index in [0.29, 0.717) is 11.3 Å². The van der Waals surface area contributed by atoms with E-state index in [4.69, 9.17) is 10.00 Å². The second-order valence-corrected chi connectivity index (χ2v) is 4.42. The quantitative estimate of drug-likeness (QED) is 0.713. The number of nitriles is 1. The third kappa shape index (κ3) is 1.88. The van der Waals surface area contributed by atoms with Gasteiger partial charge in [0.05, 0.1) is 36.0 Å². The van der Waals surface area contributed by atoms with Crippen molar-refractivity contribution in [1.82, 2.24) is 14.5 Å². The lowest BCUT2D eigenvalue weighted by Gasteiger charge is -2.04. The summed E-state index contributed by atoms with van der Waals surface area (Å²) in [5, 5.41) is 8.95. The number of hydrogen-bond donors (Lipinski definition) is 0. The Morgan fingerprint density at radius 3 is 2.85 bits per heavy atom. The van der Waals surface area contributed by atoms with Gasteiger partial charge in [-0.2, -0.15) is 5.26 Å². The van der Waals surface area contributed by atoms with Crippen LogP contribution < -0.4 is 4.74 Å². The number of rotatable bonds is 2. The van der Waals surface area contributed by atoms with E-state index >= 15 is 0 Å². The molecule has 0 saturated heterocycles. The molecule has 0 spiro atoms. The van der Waals surface area contributed by atoms with Crippen LogP contribution in [0.4, 0.5) is 0 Å². The zero-order valence-electron chi connectivity index (χ0n) is 11.2. The first-order valence-electron chi connectivity index (χ1n) is 6.09. The molecule has 5 heteroatoms. The number of fused-ring (bicyclic) bond motifs is 1. The topological polar surface area (TPSA) is 63.7 Å². The van der Waals surface area contributed by atoms with E-state index in [0.717, 1.165) is 22.4 Å². The highest BCUT2D eigenvalue weighted by atomic mass is 16.5. The Kier molecular flexibility index (Phi) is 2.84. The summed E-state index contributed by atoms with van der Waals surface area (Å²) >= 11 is 0. The third-order valence-corrected chi connectivity index (χ3v) is 3.22. The Morgan fingerprint density at radius 2 is 2.10 bits per heavy atom. The molecule has 2 aromatic heterocycles. The van der Waals surface area contributed by atoms with Crippen molar-refractivity contribution in [1.29, 1.82) is 5.26 Å². The first-order chi connectivity index (χ1) is 9.72. The SMILES string of the molecule is COc1cncc(-c2nc3cc(C#N)ccc3n2C)c1. The fraction of sp³-hybridized carbons (Fsp3) is 0.133. The maximum atomic E-state index is 8.95. The van der Waals surface area contributed by atoms with Crippen molar-refractivity contribution in [3.63, 3.8) is 0 Å². The van der Waals surface area contributed by atoms with Crippen LogP contribution in [0.2, 0.25) is 0 Å². The third-order valence-electron chi connectivity index (χ3n) is 3.22. The summed E-state index contributed by atoms with van der Waals surface area (Å²) in [5.74, 6) is 1.48. The largest absolute Gasteiger partial charge is 0.495 e. The lowest BCUT2D eigenvalue weighted by atomic mass is 10.2. The van der Waals surface area contributed by atoms with Crippen LogP contribution in [0.15, 0.2) is 36.7 Å².